The average molecular weight is 860 g/mol. The summed E-state index contributed by atoms with van der Waals surface area (Å²) in [7, 11) is 0. The van der Waals surface area contributed by atoms with Gasteiger partial charge in [0.1, 0.15) is 23.3 Å². The van der Waals surface area contributed by atoms with Crippen molar-refractivity contribution in [1.82, 2.24) is 40.0 Å². The third-order valence-corrected chi connectivity index (χ3v) is 13.6. The minimum atomic E-state index is -0.980. The van der Waals surface area contributed by atoms with Crippen LogP contribution in [0.1, 0.15) is 72.6 Å². The number of carbonyl (C=O) groups excluding carboxylic acids is 3. The molecule has 0 spiro atoms. The fraction of sp³-hybridized carbons (Fsp3) is 0.435. The number of carbonyl (C=O) groups is 3. The van der Waals surface area contributed by atoms with Crippen LogP contribution in [0.4, 0.5) is 31.8 Å². The minimum Gasteiger partial charge on any atom is -0.384 e. The van der Waals surface area contributed by atoms with Crippen LogP contribution in [0.5, 0.6) is 0 Å². The van der Waals surface area contributed by atoms with Crippen molar-refractivity contribution in [3.8, 4) is 5.82 Å². The normalized spacial score (nSPS) is 21.8. The number of hydrogen-bond acceptors (Lipinski definition) is 12. The van der Waals surface area contributed by atoms with Gasteiger partial charge in [-0.15, -0.1) is 0 Å². The van der Waals surface area contributed by atoms with Crippen LogP contribution < -0.4 is 26.2 Å². The molecule has 5 N–H and O–H groups in total. The number of hydrogen-bond donors (Lipinski definition) is 5. The van der Waals surface area contributed by atoms with Crippen LogP contribution in [0.3, 0.4) is 0 Å². The molecule has 3 saturated heterocycles. The highest BCUT2D eigenvalue weighted by Crippen LogP contribution is 2.39. The Bertz CT molecular complexity index is 2590. The standard InChI is InChI=1S/C46H51F2N11O4/c1-2-46(63)14-11-28-3-9-39(53-41(28)46)59-26-36(48)34-21-51-45(55-42(34)59)52-32-6-4-30(5-7-32)49-15-16-50-31-12-17-56(18-13-31)22-27-23-57(24-27)38-19-29-25-58(44(62)33(29)20-35(38)47)37-8-10-40(60)54-43(37)61/h3-7,9,19-21,26-27,31,37,49-50,63H,2,8,10-18,22-25H2,1H3,(H,51,52,55)(H,54,60,61)/t37?,46-/m1/s1. The summed E-state index contributed by atoms with van der Waals surface area (Å²) in [5.74, 6) is -0.797. The summed E-state index contributed by atoms with van der Waals surface area (Å²) in [6.07, 6.45) is 7.34. The molecule has 0 saturated carbocycles. The van der Waals surface area contributed by atoms with Crippen molar-refractivity contribution in [2.75, 3.05) is 61.3 Å². The SMILES string of the molecule is CC[C@@]1(O)CCc2ccc(-n3cc(F)c4cnc(Nc5ccc(NCCNC6CCN(CC7CN(c8cc9c(cc8F)C(=O)N(C8CCC(=O)NC8=O)C9)C7)CC6)cc5)nc43)nc21. The zero-order chi connectivity index (χ0) is 43.4. The molecule has 0 bridgehead atoms. The highest BCUT2D eigenvalue weighted by molar-refractivity contribution is 6.05. The molecular weight excluding hydrogens is 809 g/mol. The van der Waals surface area contributed by atoms with Crippen LogP contribution in [-0.2, 0) is 28.2 Å². The summed E-state index contributed by atoms with van der Waals surface area (Å²) in [6.45, 7) is 8.25. The lowest BCUT2D eigenvalue weighted by atomic mass is 9.95. The van der Waals surface area contributed by atoms with Gasteiger partial charge in [0.25, 0.3) is 5.91 Å². The van der Waals surface area contributed by atoms with Gasteiger partial charge in [-0.05, 0) is 105 Å². The minimum absolute atomic E-state index is 0.178. The van der Waals surface area contributed by atoms with Crippen LogP contribution in [0, 0.1) is 17.6 Å². The Balaban J connectivity index is 0.651. The van der Waals surface area contributed by atoms with E-state index in [1.54, 1.807) is 10.6 Å². The molecule has 15 nitrogen and oxygen atoms in total. The maximum Gasteiger partial charge on any atom is 0.255 e. The molecule has 10 rings (SSSR count). The van der Waals surface area contributed by atoms with E-state index in [4.69, 9.17) is 4.98 Å². The molecular formula is C46H51F2N11O4. The smallest absolute Gasteiger partial charge is 0.255 e. The Hall–Kier alpha value is -6.04. The number of nitrogens with zero attached hydrogens (tertiary/aromatic N) is 7. The summed E-state index contributed by atoms with van der Waals surface area (Å²) in [6, 6.07) is 14.4. The second kappa shape index (κ2) is 16.6. The first-order valence-electron chi connectivity index (χ1n) is 22.1. The lowest BCUT2D eigenvalue weighted by Gasteiger charge is -2.44. The van der Waals surface area contributed by atoms with E-state index in [0.29, 0.717) is 64.7 Å². The number of likely N-dealkylation sites (tertiary alicyclic amines) is 1. The number of imide groups is 1. The third kappa shape index (κ3) is 7.97. The van der Waals surface area contributed by atoms with E-state index in [1.165, 1.54) is 23.4 Å². The van der Waals surface area contributed by atoms with Crippen molar-refractivity contribution in [2.45, 2.75) is 76.1 Å². The Morgan fingerprint density at radius 3 is 2.49 bits per heavy atom. The van der Waals surface area contributed by atoms with Gasteiger partial charge >= 0.3 is 0 Å². The maximum atomic E-state index is 15.3. The molecule has 2 aromatic carbocycles. The van der Waals surface area contributed by atoms with Crippen LogP contribution in [0.2, 0.25) is 0 Å². The van der Waals surface area contributed by atoms with Gasteiger partial charge < -0.3 is 35.8 Å². The van der Waals surface area contributed by atoms with Gasteiger partial charge in [0.05, 0.1) is 16.8 Å². The first-order chi connectivity index (χ1) is 30.5. The van der Waals surface area contributed by atoms with E-state index in [0.717, 1.165) is 82.0 Å². The van der Waals surface area contributed by atoms with Crippen LogP contribution >= 0.6 is 0 Å². The van der Waals surface area contributed by atoms with Gasteiger partial charge in [0.15, 0.2) is 11.5 Å². The number of pyridine rings is 1. The first kappa shape index (κ1) is 41.0. The van der Waals surface area contributed by atoms with Crippen molar-refractivity contribution in [3.05, 3.63) is 94.9 Å². The number of aliphatic hydroxyl groups is 1. The molecule has 3 fully saturated rings. The molecule has 328 valence electrons. The molecule has 7 heterocycles. The number of fused-ring (bicyclic) bond motifs is 3. The van der Waals surface area contributed by atoms with E-state index in [2.05, 4.69) is 36.1 Å². The number of aromatic nitrogens is 4. The molecule has 17 heteroatoms. The van der Waals surface area contributed by atoms with E-state index in [9.17, 15) is 19.5 Å². The fourth-order valence-corrected chi connectivity index (χ4v) is 9.89. The van der Waals surface area contributed by atoms with E-state index in [1.807, 2.05) is 48.2 Å². The molecule has 1 unspecified atom stereocenters. The lowest BCUT2D eigenvalue weighted by Crippen LogP contribution is -2.53. The molecule has 0 radical (unpaired) electrons. The third-order valence-electron chi connectivity index (χ3n) is 13.6. The largest absolute Gasteiger partial charge is 0.384 e. The molecule has 2 atom stereocenters. The number of piperidine rings is 2. The molecule has 5 aromatic rings. The number of anilines is 4. The number of halogens is 2. The second-order valence-corrected chi connectivity index (χ2v) is 17.6. The second-order valence-electron chi connectivity index (χ2n) is 17.6. The highest BCUT2D eigenvalue weighted by Gasteiger charge is 2.41. The van der Waals surface area contributed by atoms with Crippen molar-refractivity contribution in [3.63, 3.8) is 0 Å². The summed E-state index contributed by atoms with van der Waals surface area (Å²) < 4.78 is 31.9. The predicted molar refractivity (Wildman–Crippen MR) is 233 cm³/mol. The van der Waals surface area contributed by atoms with Gasteiger partial charge in [0.2, 0.25) is 17.8 Å². The van der Waals surface area contributed by atoms with Crippen LogP contribution in [0.25, 0.3) is 16.9 Å². The molecule has 1 aliphatic carbocycles. The number of rotatable bonds is 13. The summed E-state index contributed by atoms with van der Waals surface area (Å²) in [4.78, 5) is 56.8. The van der Waals surface area contributed by atoms with Crippen molar-refractivity contribution in [1.29, 1.82) is 0 Å². The maximum absolute atomic E-state index is 15.3. The zero-order valence-corrected chi connectivity index (χ0v) is 35.2. The molecule has 3 aromatic heterocycles. The van der Waals surface area contributed by atoms with E-state index >= 15 is 8.78 Å². The van der Waals surface area contributed by atoms with Gasteiger partial charge in [-0.2, -0.15) is 4.98 Å². The van der Waals surface area contributed by atoms with Crippen LogP contribution in [0.15, 0.2) is 60.9 Å². The van der Waals surface area contributed by atoms with Crippen molar-refractivity contribution in [2.24, 2.45) is 5.92 Å². The molecule has 63 heavy (non-hydrogen) atoms. The summed E-state index contributed by atoms with van der Waals surface area (Å²) >= 11 is 0. The van der Waals surface area contributed by atoms with Gasteiger partial charge in [-0.1, -0.05) is 13.0 Å². The van der Waals surface area contributed by atoms with Gasteiger partial charge in [-0.3, -0.25) is 24.3 Å². The topological polar surface area (TPSA) is 173 Å². The van der Waals surface area contributed by atoms with Crippen LogP contribution in [-0.4, -0.2) is 110 Å². The van der Waals surface area contributed by atoms with Gasteiger partial charge in [0, 0.05) is 87.0 Å². The summed E-state index contributed by atoms with van der Waals surface area (Å²) in [5, 5.41) is 24.1. The molecule has 3 amide bonds. The van der Waals surface area contributed by atoms with Crippen molar-refractivity contribution >= 4 is 51.8 Å². The molecule has 4 aliphatic heterocycles. The van der Waals surface area contributed by atoms with Crippen molar-refractivity contribution < 1.29 is 28.3 Å². The Morgan fingerprint density at radius 1 is 0.921 bits per heavy atom. The van der Waals surface area contributed by atoms with E-state index in [-0.39, 0.29) is 36.6 Å². The van der Waals surface area contributed by atoms with E-state index < -0.39 is 29.2 Å². The quantitative estimate of drug-likeness (QED) is 0.0815. The zero-order valence-electron chi connectivity index (χ0n) is 35.2. The lowest BCUT2D eigenvalue weighted by molar-refractivity contribution is -0.136. The Morgan fingerprint density at radius 2 is 1.71 bits per heavy atom. The summed E-state index contributed by atoms with van der Waals surface area (Å²) in [5.41, 5.74) is 4.34. The number of aryl methyl sites for hydroxylation is 1. The monoisotopic (exact) mass is 859 g/mol. The predicted octanol–water partition coefficient (Wildman–Crippen LogP) is 4.74. The Kier molecular flexibility index (Phi) is 10.8. The molecule has 5 aliphatic rings. The average Bonchev–Trinajstić information content (AvgIpc) is 3.90. The first-order valence-corrected chi connectivity index (χ1v) is 22.1. The fourth-order valence-electron chi connectivity index (χ4n) is 9.89. The Labute approximate surface area is 363 Å². The number of nitrogens with one attached hydrogen (secondary N) is 4. The van der Waals surface area contributed by atoms with Gasteiger partial charge in [-0.25, -0.2) is 18.7 Å². The number of benzene rings is 2. The number of amides is 3. The highest BCUT2D eigenvalue weighted by atomic mass is 19.1.